The summed E-state index contributed by atoms with van der Waals surface area (Å²) in [5.74, 6) is 0.429. The first-order chi connectivity index (χ1) is 13.2. The number of imidazole rings is 1. The van der Waals surface area contributed by atoms with Crippen LogP contribution in [0.2, 0.25) is 0 Å². The van der Waals surface area contributed by atoms with E-state index in [2.05, 4.69) is 21.4 Å². The maximum atomic E-state index is 13.5. The van der Waals surface area contributed by atoms with Gasteiger partial charge < -0.3 is 15.2 Å². The van der Waals surface area contributed by atoms with Gasteiger partial charge in [-0.05, 0) is 67.5 Å². The summed E-state index contributed by atoms with van der Waals surface area (Å²) >= 11 is 0. The third-order valence-corrected chi connectivity index (χ3v) is 5.68. The van der Waals surface area contributed by atoms with Crippen LogP contribution in [0.4, 0.5) is 14.9 Å². The van der Waals surface area contributed by atoms with Gasteiger partial charge in [0.05, 0.1) is 17.1 Å². The predicted octanol–water partition coefficient (Wildman–Crippen LogP) is 4.56. The van der Waals surface area contributed by atoms with E-state index in [1.807, 2.05) is 17.0 Å². The first-order valence-corrected chi connectivity index (χ1v) is 9.52. The van der Waals surface area contributed by atoms with Crippen LogP contribution in [0.25, 0.3) is 11.0 Å². The Hall–Kier alpha value is -2.89. The number of aryl methyl sites for hydroxylation is 1. The molecule has 1 atom stereocenters. The van der Waals surface area contributed by atoms with Crippen molar-refractivity contribution in [2.75, 3.05) is 11.9 Å². The normalized spacial score (nSPS) is 18.9. The van der Waals surface area contributed by atoms with E-state index in [1.54, 1.807) is 6.07 Å². The first-order valence-electron chi connectivity index (χ1n) is 9.52. The predicted molar refractivity (Wildman–Crippen MR) is 102 cm³/mol. The zero-order valence-corrected chi connectivity index (χ0v) is 15.0. The minimum atomic E-state index is -0.295. The molecule has 1 saturated heterocycles. The maximum absolute atomic E-state index is 13.5. The second-order valence-corrected chi connectivity index (χ2v) is 7.36. The van der Waals surface area contributed by atoms with Gasteiger partial charge in [0, 0.05) is 12.2 Å². The van der Waals surface area contributed by atoms with Crippen molar-refractivity contribution in [3.05, 3.63) is 59.2 Å². The number of carbonyl (C=O) groups is 1. The van der Waals surface area contributed by atoms with Crippen LogP contribution in [0.5, 0.6) is 0 Å². The van der Waals surface area contributed by atoms with E-state index in [9.17, 15) is 9.18 Å². The van der Waals surface area contributed by atoms with Crippen LogP contribution in [0.1, 0.15) is 42.3 Å². The number of nitrogens with zero attached hydrogens (tertiary/aromatic N) is 2. The first kappa shape index (κ1) is 16.3. The number of benzene rings is 2. The molecule has 0 bridgehead atoms. The molecule has 6 heteroatoms. The molecule has 0 saturated carbocycles. The molecule has 2 amide bonds. The molecule has 5 rings (SSSR count). The zero-order valence-electron chi connectivity index (χ0n) is 15.0. The number of urea groups is 1. The molecular weight excluding hydrogens is 343 g/mol. The summed E-state index contributed by atoms with van der Waals surface area (Å²) in [5, 5.41) is 3.11. The van der Waals surface area contributed by atoms with E-state index in [4.69, 9.17) is 0 Å². The summed E-state index contributed by atoms with van der Waals surface area (Å²) in [6.45, 7) is 0.691. The van der Waals surface area contributed by atoms with E-state index in [0.29, 0.717) is 12.1 Å². The van der Waals surface area contributed by atoms with Crippen molar-refractivity contribution in [3.8, 4) is 0 Å². The van der Waals surface area contributed by atoms with Crippen LogP contribution in [0.15, 0.2) is 36.4 Å². The van der Waals surface area contributed by atoms with Crippen molar-refractivity contribution < 1.29 is 9.18 Å². The summed E-state index contributed by atoms with van der Waals surface area (Å²) in [4.78, 5) is 22.6. The second-order valence-electron chi connectivity index (χ2n) is 7.36. The van der Waals surface area contributed by atoms with Crippen molar-refractivity contribution in [2.24, 2.45) is 0 Å². The Balaban J connectivity index is 1.40. The standard InChI is InChI=1S/C21H21FN4O/c22-14-9-10-17-18(12-14)24-20(23-17)19-8-3-11-26(19)21(27)25-16-7-2-5-13-4-1-6-15(13)16/h2,5,7,9-10,12,19H,1,3-4,6,8,11H2,(H,23,24)(H,25,27). The number of fused-ring (bicyclic) bond motifs is 2. The van der Waals surface area contributed by atoms with Gasteiger partial charge in [-0.25, -0.2) is 14.2 Å². The van der Waals surface area contributed by atoms with Crippen molar-refractivity contribution >= 4 is 22.8 Å². The van der Waals surface area contributed by atoms with E-state index in [0.717, 1.165) is 49.1 Å². The lowest BCUT2D eigenvalue weighted by Crippen LogP contribution is -2.35. The number of carbonyl (C=O) groups excluding carboxylic acids is 1. The number of H-pyrrole nitrogens is 1. The average molecular weight is 364 g/mol. The fourth-order valence-corrected chi connectivity index (χ4v) is 4.38. The number of amides is 2. The smallest absolute Gasteiger partial charge is 0.322 e. The number of rotatable bonds is 2. The minimum absolute atomic E-state index is 0.0931. The highest BCUT2D eigenvalue weighted by molar-refractivity contribution is 5.91. The third kappa shape index (κ3) is 2.85. The Morgan fingerprint density at radius 2 is 2.15 bits per heavy atom. The summed E-state index contributed by atoms with van der Waals surface area (Å²) in [5.41, 5.74) is 4.91. The Bertz CT molecular complexity index is 1030. The number of halogens is 1. The molecule has 0 radical (unpaired) electrons. The molecule has 138 valence electrons. The lowest BCUT2D eigenvalue weighted by molar-refractivity contribution is 0.205. The number of hydrogen-bond acceptors (Lipinski definition) is 2. The Morgan fingerprint density at radius 1 is 1.22 bits per heavy atom. The van der Waals surface area contributed by atoms with Crippen LogP contribution in [-0.2, 0) is 12.8 Å². The molecule has 0 spiro atoms. The van der Waals surface area contributed by atoms with Gasteiger partial charge in [0.1, 0.15) is 11.6 Å². The molecule has 1 fully saturated rings. The minimum Gasteiger partial charge on any atom is -0.340 e. The van der Waals surface area contributed by atoms with E-state index >= 15 is 0 Å². The number of anilines is 1. The van der Waals surface area contributed by atoms with Crippen LogP contribution in [0.3, 0.4) is 0 Å². The number of hydrogen-bond donors (Lipinski definition) is 2. The topological polar surface area (TPSA) is 61.0 Å². The zero-order chi connectivity index (χ0) is 18.4. The highest BCUT2D eigenvalue weighted by Gasteiger charge is 2.32. The SMILES string of the molecule is O=C(Nc1cccc2c1CCC2)N1CCCC1c1nc2ccc(F)cc2[nH]1. The van der Waals surface area contributed by atoms with Gasteiger partial charge in [0.2, 0.25) is 0 Å². The van der Waals surface area contributed by atoms with Gasteiger partial charge in [-0.1, -0.05) is 12.1 Å². The lowest BCUT2D eigenvalue weighted by Gasteiger charge is -2.24. The van der Waals surface area contributed by atoms with Crippen molar-refractivity contribution in [1.29, 1.82) is 0 Å². The molecule has 1 aliphatic heterocycles. The van der Waals surface area contributed by atoms with Crippen molar-refractivity contribution in [1.82, 2.24) is 14.9 Å². The molecule has 27 heavy (non-hydrogen) atoms. The second kappa shape index (κ2) is 6.37. The molecule has 2 aromatic carbocycles. The van der Waals surface area contributed by atoms with Gasteiger partial charge in [0.15, 0.2) is 0 Å². The lowest BCUT2D eigenvalue weighted by atomic mass is 10.1. The fraction of sp³-hybridized carbons (Fsp3) is 0.333. The summed E-state index contributed by atoms with van der Waals surface area (Å²) < 4.78 is 13.5. The van der Waals surface area contributed by atoms with Gasteiger partial charge in [-0.15, -0.1) is 0 Å². The number of nitrogens with one attached hydrogen (secondary N) is 2. The summed E-state index contributed by atoms with van der Waals surface area (Å²) in [7, 11) is 0. The van der Waals surface area contributed by atoms with Gasteiger partial charge in [-0.3, -0.25) is 0 Å². The molecule has 1 unspecified atom stereocenters. The molecule has 2 heterocycles. The van der Waals surface area contributed by atoms with Crippen LogP contribution < -0.4 is 5.32 Å². The van der Waals surface area contributed by atoms with E-state index < -0.39 is 0 Å². The number of aromatic amines is 1. The van der Waals surface area contributed by atoms with E-state index in [-0.39, 0.29) is 17.9 Å². The Morgan fingerprint density at radius 3 is 3.07 bits per heavy atom. The largest absolute Gasteiger partial charge is 0.340 e. The van der Waals surface area contributed by atoms with E-state index in [1.165, 1.54) is 23.3 Å². The van der Waals surface area contributed by atoms with Crippen LogP contribution in [-0.4, -0.2) is 27.4 Å². The highest BCUT2D eigenvalue weighted by atomic mass is 19.1. The van der Waals surface area contributed by atoms with Gasteiger partial charge >= 0.3 is 6.03 Å². The quantitative estimate of drug-likeness (QED) is 0.700. The van der Waals surface area contributed by atoms with Crippen LogP contribution >= 0.6 is 0 Å². The van der Waals surface area contributed by atoms with Gasteiger partial charge in [-0.2, -0.15) is 0 Å². The van der Waals surface area contributed by atoms with Crippen molar-refractivity contribution in [3.63, 3.8) is 0 Å². The molecular formula is C21H21FN4O. The monoisotopic (exact) mass is 364 g/mol. The van der Waals surface area contributed by atoms with Crippen molar-refractivity contribution in [2.45, 2.75) is 38.1 Å². The fourth-order valence-electron chi connectivity index (χ4n) is 4.38. The maximum Gasteiger partial charge on any atom is 0.322 e. The number of likely N-dealkylation sites (tertiary alicyclic amines) is 1. The highest BCUT2D eigenvalue weighted by Crippen LogP contribution is 2.33. The summed E-state index contributed by atoms with van der Waals surface area (Å²) in [6, 6.07) is 10.4. The Kier molecular flexibility index (Phi) is 3.85. The molecule has 1 aliphatic carbocycles. The van der Waals surface area contributed by atoms with Crippen LogP contribution in [0, 0.1) is 5.82 Å². The molecule has 2 N–H and O–H groups in total. The third-order valence-electron chi connectivity index (χ3n) is 5.68. The molecule has 3 aromatic rings. The average Bonchev–Trinajstić information content (AvgIpc) is 3.39. The summed E-state index contributed by atoms with van der Waals surface area (Å²) in [6.07, 6.45) is 5.02. The number of aromatic nitrogens is 2. The molecule has 2 aliphatic rings. The van der Waals surface area contributed by atoms with Gasteiger partial charge in [0.25, 0.3) is 0 Å². The molecule has 5 nitrogen and oxygen atoms in total. The molecule has 1 aromatic heterocycles. The Labute approximate surface area is 156 Å².